The second-order valence-corrected chi connectivity index (χ2v) is 3.21. The minimum Gasteiger partial charge on any atom is -0.453 e. The van der Waals surface area contributed by atoms with Gasteiger partial charge in [-0.15, -0.1) is 0 Å². The molecule has 0 fully saturated rings. The van der Waals surface area contributed by atoms with E-state index in [0.29, 0.717) is 5.15 Å². The van der Waals surface area contributed by atoms with Gasteiger partial charge in [0.2, 0.25) is 0 Å². The van der Waals surface area contributed by atoms with E-state index in [0.717, 1.165) is 5.56 Å². The first-order chi connectivity index (χ1) is 6.21. The molecule has 0 radical (unpaired) electrons. The standard InChI is InChI=1S/C9H8ClNO2/c1-9(12-4-5-13-9)7-2-3-8(10)11-6-7/h2-6H,1H3. The van der Waals surface area contributed by atoms with Crippen molar-refractivity contribution in [1.29, 1.82) is 0 Å². The highest BCUT2D eigenvalue weighted by Crippen LogP contribution is 2.30. The van der Waals surface area contributed by atoms with Gasteiger partial charge in [-0.2, -0.15) is 0 Å². The van der Waals surface area contributed by atoms with Crippen LogP contribution in [0.2, 0.25) is 5.15 Å². The third-order valence-electron chi connectivity index (χ3n) is 1.89. The first kappa shape index (κ1) is 8.38. The first-order valence-electron chi connectivity index (χ1n) is 3.83. The average Bonchev–Trinajstić information content (AvgIpc) is 2.54. The van der Waals surface area contributed by atoms with Crippen LogP contribution >= 0.6 is 11.6 Å². The molecule has 0 aromatic carbocycles. The van der Waals surface area contributed by atoms with Gasteiger partial charge in [0.15, 0.2) is 0 Å². The topological polar surface area (TPSA) is 31.4 Å². The zero-order valence-corrected chi connectivity index (χ0v) is 7.78. The Morgan fingerprint density at radius 2 is 2.00 bits per heavy atom. The lowest BCUT2D eigenvalue weighted by Gasteiger charge is -2.22. The van der Waals surface area contributed by atoms with Gasteiger partial charge in [-0.3, -0.25) is 0 Å². The number of halogens is 1. The van der Waals surface area contributed by atoms with Crippen LogP contribution < -0.4 is 0 Å². The number of pyridine rings is 1. The Morgan fingerprint density at radius 3 is 2.54 bits per heavy atom. The summed E-state index contributed by atoms with van der Waals surface area (Å²) in [5.74, 6) is -0.752. The number of hydrogen-bond acceptors (Lipinski definition) is 3. The fourth-order valence-corrected chi connectivity index (χ4v) is 1.24. The molecule has 1 aliphatic rings. The predicted molar refractivity (Wildman–Crippen MR) is 47.9 cm³/mol. The average molecular weight is 198 g/mol. The SMILES string of the molecule is CC1(c2ccc(Cl)nc2)OC=CO1. The van der Waals surface area contributed by atoms with Crippen LogP contribution in [0.15, 0.2) is 30.9 Å². The molecule has 1 aromatic heterocycles. The van der Waals surface area contributed by atoms with E-state index in [9.17, 15) is 0 Å². The highest BCUT2D eigenvalue weighted by atomic mass is 35.5. The monoisotopic (exact) mass is 197 g/mol. The summed E-state index contributed by atoms with van der Waals surface area (Å²) < 4.78 is 10.6. The minimum atomic E-state index is -0.752. The molecule has 0 spiro atoms. The quantitative estimate of drug-likeness (QED) is 0.648. The van der Waals surface area contributed by atoms with Crippen LogP contribution in [-0.4, -0.2) is 4.98 Å². The van der Waals surface area contributed by atoms with Crippen LogP contribution in [0.4, 0.5) is 0 Å². The molecular weight excluding hydrogens is 190 g/mol. The lowest BCUT2D eigenvalue weighted by atomic mass is 10.1. The van der Waals surface area contributed by atoms with E-state index in [4.69, 9.17) is 21.1 Å². The van der Waals surface area contributed by atoms with Gasteiger partial charge in [0.05, 0.1) is 5.56 Å². The smallest absolute Gasteiger partial charge is 0.275 e. The number of rotatable bonds is 1. The molecule has 0 bridgehead atoms. The Bertz CT molecular complexity index is 326. The maximum absolute atomic E-state index is 5.66. The molecule has 13 heavy (non-hydrogen) atoms. The van der Waals surface area contributed by atoms with Crippen molar-refractivity contribution in [3.8, 4) is 0 Å². The second-order valence-electron chi connectivity index (χ2n) is 2.82. The zero-order chi connectivity index (χ0) is 9.31. The molecule has 0 saturated carbocycles. The predicted octanol–water partition coefficient (Wildman–Crippen LogP) is 2.43. The van der Waals surface area contributed by atoms with Crippen LogP contribution in [0, 0.1) is 0 Å². The van der Waals surface area contributed by atoms with Crippen molar-refractivity contribution in [1.82, 2.24) is 4.98 Å². The van der Waals surface area contributed by atoms with Crippen molar-refractivity contribution in [2.75, 3.05) is 0 Å². The van der Waals surface area contributed by atoms with E-state index < -0.39 is 5.79 Å². The largest absolute Gasteiger partial charge is 0.453 e. The maximum atomic E-state index is 5.66. The Morgan fingerprint density at radius 1 is 1.31 bits per heavy atom. The van der Waals surface area contributed by atoms with Gasteiger partial charge in [-0.1, -0.05) is 11.6 Å². The van der Waals surface area contributed by atoms with Gasteiger partial charge in [0, 0.05) is 13.1 Å². The molecule has 0 aliphatic carbocycles. The van der Waals surface area contributed by atoms with E-state index in [-0.39, 0.29) is 0 Å². The van der Waals surface area contributed by atoms with Gasteiger partial charge >= 0.3 is 0 Å². The van der Waals surface area contributed by atoms with Crippen LogP contribution in [-0.2, 0) is 15.3 Å². The molecule has 1 aliphatic heterocycles. The van der Waals surface area contributed by atoms with Crippen molar-refractivity contribution in [3.63, 3.8) is 0 Å². The van der Waals surface area contributed by atoms with Crippen LogP contribution in [0.5, 0.6) is 0 Å². The maximum Gasteiger partial charge on any atom is 0.275 e. The normalized spacial score (nSPS) is 18.0. The third-order valence-corrected chi connectivity index (χ3v) is 2.12. The molecule has 1 aromatic rings. The summed E-state index contributed by atoms with van der Waals surface area (Å²) in [6, 6.07) is 3.52. The van der Waals surface area contributed by atoms with Gasteiger partial charge in [0.1, 0.15) is 17.7 Å². The fourth-order valence-electron chi connectivity index (χ4n) is 1.12. The zero-order valence-electron chi connectivity index (χ0n) is 7.03. The third kappa shape index (κ3) is 1.47. The van der Waals surface area contributed by atoms with E-state index in [1.165, 1.54) is 12.5 Å². The molecule has 3 nitrogen and oxygen atoms in total. The van der Waals surface area contributed by atoms with Gasteiger partial charge in [-0.05, 0) is 12.1 Å². The van der Waals surface area contributed by atoms with Crippen molar-refractivity contribution in [2.24, 2.45) is 0 Å². The Labute approximate surface area is 80.9 Å². The first-order valence-corrected chi connectivity index (χ1v) is 4.21. The van der Waals surface area contributed by atoms with E-state index in [2.05, 4.69) is 4.98 Å². The molecular formula is C9H8ClNO2. The highest BCUT2D eigenvalue weighted by molar-refractivity contribution is 6.29. The fraction of sp³-hybridized carbons (Fsp3) is 0.222. The summed E-state index contributed by atoms with van der Waals surface area (Å²) >= 11 is 5.66. The molecule has 0 N–H and O–H groups in total. The molecule has 2 rings (SSSR count). The van der Waals surface area contributed by atoms with Crippen molar-refractivity contribution in [3.05, 3.63) is 41.6 Å². The summed E-state index contributed by atoms with van der Waals surface area (Å²) in [4.78, 5) is 3.95. The van der Waals surface area contributed by atoms with E-state index in [1.807, 2.05) is 13.0 Å². The van der Waals surface area contributed by atoms with E-state index >= 15 is 0 Å². The Balaban J connectivity index is 2.30. The number of ether oxygens (including phenoxy) is 2. The molecule has 0 atom stereocenters. The Hall–Kier alpha value is -1.22. The van der Waals surface area contributed by atoms with Gasteiger partial charge in [0.25, 0.3) is 5.79 Å². The Kier molecular flexibility index (Phi) is 1.88. The summed E-state index contributed by atoms with van der Waals surface area (Å²) in [5, 5.41) is 0.457. The van der Waals surface area contributed by atoms with Crippen LogP contribution in [0.25, 0.3) is 0 Å². The lowest BCUT2D eigenvalue weighted by Crippen LogP contribution is -2.22. The van der Waals surface area contributed by atoms with Crippen LogP contribution in [0.1, 0.15) is 12.5 Å². The molecule has 4 heteroatoms. The van der Waals surface area contributed by atoms with Crippen molar-refractivity contribution < 1.29 is 9.47 Å². The molecule has 0 saturated heterocycles. The summed E-state index contributed by atoms with van der Waals surface area (Å²) in [6.45, 7) is 1.82. The van der Waals surface area contributed by atoms with Crippen molar-refractivity contribution >= 4 is 11.6 Å². The summed E-state index contributed by atoms with van der Waals surface area (Å²) in [5.41, 5.74) is 0.835. The molecule has 0 unspecified atom stereocenters. The van der Waals surface area contributed by atoms with Gasteiger partial charge in [-0.25, -0.2) is 4.98 Å². The lowest BCUT2D eigenvalue weighted by molar-refractivity contribution is -0.133. The summed E-state index contributed by atoms with van der Waals surface area (Å²) in [7, 11) is 0. The molecule has 0 amide bonds. The molecule has 68 valence electrons. The van der Waals surface area contributed by atoms with Crippen molar-refractivity contribution in [2.45, 2.75) is 12.7 Å². The van der Waals surface area contributed by atoms with Crippen LogP contribution in [0.3, 0.4) is 0 Å². The molecule has 2 heterocycles. The van der Waals surface area contributed by atoms with Gasteiger partial charge < -0.3 is 9.47 Å². The number of hydrogen-bond donors (Lipinski definition) is 0. The number of aromatic nitrogens is 1. The highest BCUT2D eigenvalue weighted by Gasteiger charge is 2.32. The number of nitrogens with zero attached hydrogens (tertiary/aromatic N) is 1. The second kappa shape index (κ2) is 2.92. The summed E-state index contributed by atoms with van der Waals surface area (Å²) in [6.07, 6.45) is 4.65. The van der Waals surface area contributed by atoms with E-state index in [1.54, 1.807) is 12.3 Å². The minimum absolute atomic E-state index is 0.457.